The molecular formula is C18H34N2O3. The number of nitrogens with zero attached hydrogens (tertiary/aromatic N) is 1. The molecule has 23 heavy (non-hydrogen) atoms. The summed E-state index contributed by atoms with van der Waals surface area (Å²) in [6.07, 6.45) is 4.61. The number of esters is 1. The zero-order valence-corrected chi connectivity index (χ0v) is 15.8. The maximum atomic E-state index is 12.6. The molecule has 0 unspecified atom stereocenters. The van der Waals surface area contributed by atoms with Crippen LogP contribution in [0.25, 0.3) is 0 Å². The fourth-order valence-electron chi connectivity index (χ4n) is 2.16. The van der Waals surface area contributed by atoms with E-state index < -0.39 is 6.04 Å². The molecule has 0 saturated carbocycles. The van der Waals surface area contributed by atoms with E-state index in [0.29, 0.717) is 12.2 Å². The lowest BCUT2D eigenvalue weighted by Gasteiger charge is -2.33. The van der Waals surface area contributed by atoms with Crippen molar-refractivity contribution in [3.63, 3.8) is 0 Å². The van der Waals surface area contributed by atoms with Gasteiger partial charge in [-0.05, 0) is 25.7 Å². The van der Waals surface area contributed by atoms with Gasteiger partial charge in [-0.15, -0.1) is 0 Å². The van der Waals surface area contributed by atoms with Crippen molar-refractivity contribution in [3.8, 4) is 0 Å². The third-order valence-electron chi connectivity index (χ3n) is 3.94. The van der Waals surface area contributed by atoms with Crippen LogP contribution in [0.5, 0.6) is 0 Å². The van der Waals surface area contributed by atoms with Crippen LogP contribution in [0.15, 0.2) is 11.6 Å². The Morgan fingerprint density at radius 3 is 2.26 bits per heavy atom. The van der Waals surface area contributed by atoms with Crippen LogP contribution in [-0.2, 0) is 14.3 Å². The Hall–Kier alpha value is -1.36. The summed E-state index contributed by atoms with van der Waals surface area (Å²) in [5, 5.41) is 0. The monoisotopic (exact) mass is 326 g/mol. The highest BCUT2D eigenvalue weighted by Gasteiger charge is 2.32. The quantitative estimate of drug-likeness (QED) is 0.550. The minimum Gasteiger partial charge on any atom is -0.463 e. The molecule has 2 N–H and O–H groups in total. The van der Waals surface area contributed by atoms with Crippen molar-refractivity contribution in [2.24, 2.45) is 11.1 Å². The molecule has 0 rings (SSSR count). The van der Waals surface area contributed by atoms with Crippen molar-refractivity contribution in [2.45, 2.75) is 72.9 Å². The van der Waals surface area contributed by atoms with Gasteiger partial charge in [0, 0.05) is 12.6 Å². The van der Waals surface area contributed by atoms with E-state index in [1.54, 1.807) is 25.8 Å². The van der Waals surface area contributed by atoms with Gasteiger partial charge in [0.1, 0.15) is 0 Å². The Kier molecular flexibility index (Phi) is 9.13. The first-order valence-electron chi connectivity index (χ1n) is 8.44. The second-order valence-electron chi connectivity index (χ2n) is 7.07. The summed E-state index contributed by atoms with van der Waals surface area (Å²) >= 11 is 0. The van der Waals surface area contributed by atoms with Gasteiger partial charge in [0.25, 0.3) is 0 Å². The van der Waals surface area contributed by atoms with Crippen molar-refractivity contribution in [3.05, 3.63) is 11.6 Å². The van der Waals surface area contributed by atoms with Crippen LogP contribution in [0.1, 0.15) is 60.8 Å². The number of amides is 1. The summed E-state index contributed by atoms with van der Waals surface area (Å²) in [6.45, 7) is 11.8. The lowest BCUT2D eigenvalue weighted by molar-refractivity contribution is -0.139. The molecule has 0 aliphatic heterocycles. The number of rotatable bonds is 8. The van der Waals surface area contributed by atoms with Crippen molar-refractivity contribution in [1.29, 1.82) is 0 Å². The summed E-state index contributed by atoms with van der Waals surface area (Å²) in [4.78, 5) is 26.1. The highest BCUT2D eigenvalue weighted by atomic mass is 16.5. The number of hydrogen-bond donors (Lipinski definition) is 1. The van der Waals surface area contributed by atoms with E-state index in [2.05, 4.69) is 6.92 Å². The van der Waals surface area contributed by atoms with E-state index >= 15 is 0 Å². The van der Waals surface area contributed by atoms with Crippen LogP contribution >= 0.6 is 0 Å². The SMILES string of the molecule is CCCC[C@@H](/C=C(\C)C(=O)OCC)N(C)C(=O)[C@@H](N)C(C)(C)C. The number of likely N-dealkylation sites (N-methyl/N-ethyl adjacent to an activating group) is 1. The molecule has 0 spiro atoms. The van der Waals surface area contributed by atoms with Gasteiger partial charge in [-0.2, -0.15) is 0 Å². The summed E-state index contributed by atoms with van der Waals surface area (Å²) in [6, 6.07) is -0.729. The normalized spacial score (nSPS) is 15.0. The molecular weight excluding hydrogens is 292 g/mol. The van der Waals surface area contributed by atoms with Gasteiger partial charge >= 0.3 is 5.97 Å². The molecule has 0 aliphatic rings. The van der Waals surface area contributed by atoms with Crippen molar-refractivity contribution < 1.29 is 14.3 Å². The maximum absolute atomic E-state index is 12.6. The minimum absolute atomic E-state index is 0.105. The number of unbranched alkanes of at least 4 members (excludes halogenated alkanes) is 1. The zero-order valence-electron chi connectivity index (χ0n) is 15.8. The van der Waals surface area contributed by atoms with Crippen LogP contribution < -0.4 is 5.73 Å². The van der Waals surface area contributed by atoms with E-state index in [0.717, 1.165) is 19.3 Å². The van der Waals surface area contributed by atoms with E-state index in [-0.39, 0.29) is 23.3 Å². The number of nitrogens with two attached hydrogens (primary N) is 1. The second kappa shape index (κ2) is 9.71. The van der Waals surface area contributed by atoms with E-state index in [9.17, 15) is 9.59 Å². The van der Waals surface area contributed by atoms with Gasteiger partial charge < -0.3 is 15.4 Å². The molecule has 5 nitrogen and oxygen atoms in total. The molecule has 0 saturated heterocycles. The molecule has 0 fully saturated rings. The van der Waals surface area contributed by atoms with Crippen LogP contribution in [0, 0.1) is 5.41 Å². The van der Waals surface area contributed by atoms with Crippen molar-refractivity contribution in [1.82, 2.24) is 4.90 Å². The topological polar surface area (TPSA) is 72.6 Å². The molecule has 5 heteroatoms. The predicted octanol–water partition coefficient (Wildman–Crippen LogP) is 2.89. The number of carbonyl (C=O) groups excluding carboxylic acids is 2. The van der Waals surface area contributed by atoms with E-state index in [1.165, 1.54) is 0 Å². The summed E-state index contributed by atoms with van der Waals surface area (Å²) in [5.74, 6) is -0.443. The lowest BCUT2D eigenvalue weighted by Crippen LogP contribution is -2.51. The van der Waals surface area contributed by atoms with Crippen LogP contribution in [0.3, 0.4) is 0 Å². The van der Waals surface area contributed by atoms with Crippen LogP contribution in [-0.4, -0.2) is 42.5 Å². The standard InChI is InChI=1S/C18H34N2O3/c1-8-10-11-14(12-13(3)17(22)23-9-2)20(7)16(21)15(19)18(4,5)6/h12,14-15H,8-11,19H2,1-7H3/b13-12+/t14-,15+/m0/s1. The van der Waals surface area contributed by atoms with Gasteiger partial charge in [-0.25, -0.2) is 4.79 Å². The van der Waals surface area contributed by atoms with Gasteiger partial charge in [0.05, 0.1) is 18.7 Å². The largest absolute Gasteiger partial charge is 0.463 e. The third-order valence-corrected chi connectivity index (χ3v) is 3.94. The van der Waals surface area contributed by atoms with Crippen LogP contribution in [0.4, 0.5) is 0 Å². The van der Waals surface area contributed by atoms with E-state index in [4.69, 9.17) is 10.5 Å². The molecule has 0 aromatic heterocycles. The predicted molar refractivity (Wildman–Crippen MR) is 93.9 cm³/mol. The third kappa shape index (κ3) is 7.16. The Balaban J connectivity index is 5.26. The first-order valence-corrected chi connectivity index (χ1v) is 8.44. The van der Waals surface area contributed by atoms with Gasteiger partial charge in [0.2, 0.25) is 5.91 Å². The first kappa shape index (κ1) is 21.6. The smallest absolute Gasteiger partial charge is 0.333 e. The average Bonchev–Trinajstić information content (AvgIpc) is 2.48. The highest BCUT2D eigenvalue weighted by Crippen LogP contribution is 2.21. The number of carbonyl (C=O) groups is 2. The average molecular weight is 326 g/mol. The Labute approximate surface area is 141 Å². The van der Waals surface area contributed by atoms with Gasteiger partial charge in [-0.1, -0.05) is 46.6 Å². The number of ether oxygens (including phenoxy) is 1. The number of hydrogen-bond acceptors (Lipinski definition) is 4. The zero-order chi connectivity index (χ0) is 18.2. The fourth-order valence-corrected chi connectivity index (χ4v) is 2.16. The molecule has 134 valence electrons. The molecule has 0 aromatic carbocycles. The fraction of sp³-hybridized carbons (Fsp3) is 0.778. The van der Waals surface area contributed by atoms with Gasteiger partial charge in [0.15, 0.2) is 0 Å². The molecule has 0 aromatic rings. The molecule has 0 radical (unpaired) electrons. The van der Waals surface area contributed by atoms with Crippen molar-refractivity contribution >= 4 is 11.9 Å². The van der Waals surface area contributed by atoms with Gasteiger partial charge in [-0.3, -0.25) is 4.79 Å². The Bertz CT molecular complexity index is 424. The molecule has 0 aliphatic carbocycles. The first-order chi connectivity index (χ1) is 10.6. The Morgan fingerprint density at radius 1 is 1.26 bits per heavy atom. The molecule has 1 amide bonds. The lowest BCUT2D eigenvalue weighted by atomic mass is 9.86. The molecule has 2 atom stereocenters. The van der Waals surface area contributed by atoms with E-state index in [1.807, 2.05) is 26.8 Å². The Morgan fingerprint density at radius 2 is 1.83 bits per heavy atom. The highest BCUT2D eigenvalue weighted by molar-refractivity contribution is 5.88. The molecule has 0 heterocycles. The summed E-state index contributed by atoms with van der Waals surface area (Å²) in [5.41, 5.74) is 6.32. The van der Waals surface area contributed by atoms with Crippen LogP contribution in [0.2, 0.25) is 0 Å². The summed E-state index contributed by atoms with van der Waals surface area (Å²) < 4.78 is 5.02. The molecule has 0 bridgehead atoms. The second-order valence-corrected chi connectivity index (χ2v) is 7.07. The minimum atomic E-state index is -0.576. The summed E-state index contributed by atoms with van der Waals surface area (Å²) in [7, 11) is 1.75. The maximum Gasteiger partial charge on any atom is 0.333 e. The van der Waals surface area contributed by atoms with Crippen molar-refractivity contribution in [2.75, 3.05) is 13.7 Å².